The molecule has 3 atom stereocenters. The first-order valence-electron chi connectivity index (χ1n) is 11.3. The molecule has 2 aliphatic rings. The molecule has 156 valence electrons. The first-order chi connectivity index (χ1) is 14.6. The van der Waals surface area contributed by atoms with Crippen molar-refractivity contribution in [2.45, 2.75) is 51.0 Å². The van der Waals surface area contributed by atoms with E-state index in [0.29, 0.717) is 12.0 Å². The summed E-state index contributed by atoms with van der Waals surface area (Å²) in [7, 11) is 1.86. The second kappa shape index (κ2) is 9.14. The van der Waals surface area contributed by atoms with Crippen LogP contribution in [0.2, 0.25) is 0 Å². The lowest BCUT2D eigenvalue weighted by Crippen LogP contribution is -2.35. The quantitative estimate of drug-likeness (QED) is 0.414. The van der Waals surface area contributed by atoms with Gasteiger partial charge in [0.2, 0.25) is 0 Å². The highest BCUT2D eigenvalue weighted by Gasteiger charge is 2.35. The zero-order valence-corrected chi connectivity index (χ0v) is 18.6. The van der Waals surface area contributed by atoms with Gasteiger partial charge in [-0.25, -0.2) is 0 Å². The number of nitrogens with zero attached hydrogens (tertiary/aromatic N) is 2. The van der Waals surface area contributed by atoms with E-state index in [2.05, 4.69) is 91.0 Å². The lowest BCUT2D eigenvalue weighted by molar-refractivity contribution is 0.236. The van der Waals surface area contributed by atoms with Crippen LogP contribution in [0.25, 0.3) is 6.08 Å². The number of allylic oxidation sites excluding steroid dienone is 1. The molecule has 0 bridgehead atoms. The Kier molecular flexibility index (Phi) is 6.34. The molecule has 0 radical (unpaired) electrons. The van der Waals surface area contributed by atoms with Crippen LogP contribution in [0.15, 0.2) is 71.8 Å². The van der Waals surface area contributed by atoms with Crippen LogP contribution in [-0.4, -0.2) is 36.8 Å². The Morgan fingerprint density at radius 2 is 1.77 bits per heavy atom. The number of hydrogen-bond acceptors (Lipinski definition) is 2. The normalized spacial score (nSPS) is 23.1. The summed E-state index contributed by atoms with van der Waals surface area (Å²) in [6.45, 7) is 10.8. The number of hydrogen-bond donors (Lipinski definition) is 0. The van der Waals surface area contributed by atoms with Gasteiger partial charge in [-0.1, -0.05) is 72.8 Å². The molecule has 0 spiro atoms. The topological polar surface area (TPSA) is 15.6 Å². The zero-order chi connectivity index (χ0) is 21.1. The summed E-state index contributed by atoms with van der Waals surface area (Å²) in [5.74, 6) is 0.686. The standard InChI is InChI=1S/C28H34N2/c1-20(2)28(21(3)29-4)23-14-11-22(12-15-23)13-16-26-25-10-6-5-9-24(25)19-27(26)30-17-7-8-18-30/h5-6,9-16,26-28H,1,7-8,17-19H2,2-4H3/t26-,27-,28?/m0/s1. The third-order valence-electron chi connectivity index (χ3n) is 6.90. The minimum atomic E-state index is 0.203. The molecule has 1 saturated heterocycles. The fourth-order valence-corrected chi connectivity index (χ4v) is 5.29. The minimum Gasteiger partial charge on any atom is -0.299 e. The Morgan fingerprint density at radius 1 is 1.07 bits per heavy atom. The van der Waals surface area contributed by atoms with E-state index in [1.165, 1.54) is 54.6 Å². The Labute approximate surface area is 182 Å². The van der Waals surface area contributed by atoms with Gasteiger partial charge < -0.3 is 0 Å². The van der Waals surface area contributed by atoms with Crippen molar-refractivity contribution >= 4 is 11.8 Å². The van der Waals surface area contributed by atoms with Crippen LogP contribution in [0.3, 0.4) is 0 Å². The smallest absolute Gasteiger partial charge is 0.0420 e. The summed E-state index contributed by atoms with van der Waals surface area (Å²) < 4.78 is 0. The van der Waals surface area contributed by atoms with Crippen LogP contribution in [0.1, 0.15) is 60.8 Å². The molecule has 0 amide bonds. The third-order valence-corrected chi connectivity index (χ3v) is 6.90. The predicted molar refractivity (Wildman–Crippen MR) is 130 cm³/mol. The molecule has 1 heterocycles. The SMILES string of the molecule is C=C(C)C(C(C)=NC)c1ccc(C=C[C@H]2c3ccccc3C[C@@H]2N2CCCC2)cc1. The van der Waals surface area contributed by atoms with E-state index in [1.54, 1.807) is 0 Å². The molecular weight excluding hydrogens is 364 g/mol. The number of rotatable bonds is 6. The van der Waals surface area contributed by atoms with E-state index in [-0.39, 0.29) is 5.92 Å². The number of fused-ring (bicyclic) bond motifs is 1. The second-order valence-electron chi connectivity index (χ2n) is 8.91. The van der Waals surface area contributed by atoms with E-state index < -0.39 is 0 Å². The molecule has 4 rings (SSSR count). The van der Waals surface area contributed by atoms with Gasteiger partial charge in [-0.3, -0.25) is 9.89 Å². The summed E-state index contributed by atoms with van der Waals surface area (Å²) >= 11 is 0. The number of benzene rings is 2. The van der Waals surface area contributed by atoms with Crippen molar-refractivity contribution in [2.75, 3.05) is 20.1 Å². The molecule has 2 aromatic rings. The monoisotopic (exact) mass is 398 g/mol. The zero-order valence-electron chi connectivity index (χ0n) is 18.6. The maximum atomic E-state index is 4.40. The molecule has 1 aliphatic heterocycles. The fraction of sp³-hybridized carbons (Fsp3) is 0.393. The van der Waals surface area contributed by atoms with Crippen molar-refractivity contribution in [3.8, 4) is 0 Å². The van der Waals surface area contributed by atoms with Gasteiger partial charge in [-0.15, -0.1) is 0 Å². The molecule has 0 aromatic heterocycles. The van der Waals surface area contributed by atoms with Crippen LogP contribution >= 0.6 is 0 Å². The highest BCUT2D eigenvalue weighted by molar-refractivity contribution is 5.91. The van der Waals surface area contributed by atoms with Gasteiger partial charge in [-0.2, -0.15) is 0 Å². The van der Waals surface area contributed by atoms with Gasteiger partial charge in [0.05, 0.1) is 0 Å². The number of aliphatic imine (C=N–C) groups is 1. The van der Waals surface area contributed by atoms with Crippen molar-refractivity contribution in [1.82, 2.24) is 4.90 Å². The lowest BCUT2D eigenvalue weighted by Gasteiger charge is -2.28. The maximum Gasteiger partial charge on any atom is 0.0420 e. The molecule has 2 aromatic carbocycles. The Balaban J connectivity index is 1.56. The molecule has 30 heavy (non-hydrogen) atoms. The van der Waals surface area contributed by atoms with Crippen LogP contribution in [0, 0.1) is 0 Å². The molecule has 1 unspecified atom stereocenters. The van der Waals surface area contributed by atoms with Crippen molar-refractivity contribution in [2.24, 2.45) is 4.99 Å². The molecule has 2 nitrogen and oxygen atoms in total. The van der Waals surface area contributed by atoms with Crippen LogP contribution < -0.4 is 0 Å². The molecule has 2 heteroatoms. The van der Waals surface area contributed by atoms with Crippen molar-refractivity contribution in [3.05, 3.63) is 89.0 Å². The van der Waals surface area contributed by atoms with Gasteiger partial charge in [0.1, 0.15) is 0 Å². The molecule has 1 fully saturated rings. The lowest BCUT2D eigenvalue weighted by atomic mass is 9.88. The highest BCUT2D eigenvalue weighted by Crippen LogP contribution is 2.39. The van der Waals surface area contributed by atoms with Crippen molar-refractivity contribution < 1.29 is 0 Å². The molecule has 0 saturated carbocycles. The highest BCUT2D eigenvalue weighted by atomic mass is 15.2. The van der Waals surface area contributed by atoms with Gasteiger partial charge in [0, 0.05) is 30.6 Å². The maximum absolute atomic E-state index is 4.40. The Morgan fingerprint density at radius 3 is 2.43 bits per heavy atom. The van der Waals surface area contributed by atoms with E-state index in [0.717, 1.165) is 11.3 Å². The Hall–Kier alpha value is -2.45. The fourth-order valence-electron chi connectivity index (χ4n) is 5.29. The van der Waals surface area contributed by atoms with Crippen molar-refractivity contribution in [3.63, 3.8) is 0 Å². The minimum absolute atomic E-state index is 0.203. The van der Waals surface area contributed by atoms with Gasteiger partial charge >= 0.3 is 0 Å². The summed E-state index contributed by atoms with van der Waals surface area (Å²) in [6, 6.07) is 18.6. The summed E-state index contributed by atoms with van der Waals surface area (Å²) in [6.07, 6.45) is 8.62. The largest absolute Gasteiger partial charge is 0.299 e. The third kappa shape index (κ3) is 4.20. The molecular formula is C28H34N2. The predicted octanol–water partition coefficient (Wildman–Crippen LogP) is 6.25. The van der Waals surface area contributed by atoms with E-state index in [9.17, 15) is 0 Å². The van der Waals surface area contributed by atoms with E-state index in [1.807, 2.05) is 7.05 Å². The van der Waals surface area contributed by atoms with Crippen LogP contribution in [0.5, 0.6) is 0 Å². The summed E-state index contributed by atoms with van der Waals surface area (Å²) in [4.78, 5) is 7.11. The second-order valence-corrected chi connectivity index (χ2v) is 8.91. The van der Waals surface area contributed by atoms with Gasteiger partial charge in [0.25, 0.3) is 0 Å². The Bertz CT molecular complexity index is 945. The molecule has 0 N–H and O–H groups in total. The average Bonchev–Trinajstić information content (AvgIpc) is 3.40. The van der Waals surface area contributed by atoms with E-state index >= 15 is 0 Å². The first kappa shape index (κ1) is 20.8. The first-order valence-corrected chi connectivity index (χ1v) is 11.3. The summed E-state index contributed by atoms with van der Waals surface area (Å²) in [5, 5.41) is 0. The van der Waals surface area contributed by atoms with Gasteiger partial charge in [0.15, 0.2) is 0 Å². The summed E-state index contributed by atoms with van der Waals surface area (Å²) in [5.41, 5.74) is 7.82. The average molecular weight is 399 g/mol. The van der Waals surface area contributed by atoms with Crippen LogP contribution in [-0.2, 0) is 6.42 Å². The van der Waals surface area contributed by atoms with E-state index in [4.69, 9.17) is 0 Å². The van der Waals surface area contributed by atoms with Crippen LogP contribution in [0.4, 0.5) is 0 Å². The molecule has 1 aliphatic carbocycles. The number of likely N-dealkylation sites (tertiary alicyclic amines) is 1. The van der Waals surface area contributed by atoms with Crippen molar-refractivity contribution in [1.29, 1.82) is 0 Å². The van der Waals surface area contributed by atoms with Gasteiger partial charge in [-0.05, 0) is 68.5 Å².